The lowest BCUT2D eigenvalue weighted by Crippen LogP contribution is -2.53. The number of fused-ring (bicyclic) bond motifs is 1. The van der Waals surface area contributed by atoms with Crippen molar-refractivity contribution in [3.8, 4) is 0 Å². The average molecular weight is 361 g/mol. The molecule has 1 atom stereocenters. The van der Waals surface area contributed by atoms with Gasteiger partial charge in [-0.1, -0.05) is 18.2 Å². The maximum Gasteiger partial charge on any atom is 0.253 e. The molecule has 2 aliphatic heterocycles. The van der Waals surface area contributed by atoms with E-state index in [0.29, 0.717) is 19.7 Å². The van der Waals surface area contributed by atoms with Crippen molar-refractivity contribution in [3.05, 3.63) is 36.5 Å². The number of ether oxygens (including phenoxy) is 1. The van der Waals surface area contributed by atoms with Gasteiger partial charge in [0.2, 0.25) is 0 Å². The lowest BCUT2D eigenvalue weighted by molar-refractivity contribution is -0.150. The van der Waals surface area contributed by atoms with Gasteiger partial charge in [0, 0.05) is 49.7 Å². The fourth-order valence-electron chi connectivity index (χ4n) is 3.63. The van der Waals surface area contributed by atoms with Gasteiger partial charge in [-0.15, -0.1) is 0 Å². The highest BCUT2D eigenvalue weighted by molar-refractivity contribution is 5.92. The summed E-state index contributed by atoms with van der Waals surface area (Å²) in [6.07, 6.45) is 0.591. The highest BCUT2D eigenvalue weighted by Crippen LogP contribution is 2.30. The molecule has 1 amide bonds. The number of hydrogen-bond donors (Lipinski definition) is 0. The molecule has 4 rings (SSSR count). The molecule has 2 fully saturated rings. The van der Waals surface area contributed by atoms with E-state index in [-0.39, 0.29) is 31.8 Å². The van der Waals surface area contributed by atoms with Crippen LogP contribution in [0.3, 0.4) is 0 Å². The molecule has 0 N–H and O–H groups in total. The zero-order valence-corrected chi connectivity index (χ0v) is 14.4. The molecule has 2 saturated heterocycles. The number of morpholine rings is 1. The number of likely N-dealkylation sites (tertiary alicyclic amines) is 1. The van der Waals surface area contributed by atoms with Crippen LogP contribution in [0.2, 0.25) is 0 Å². The summed E-state index contributed by atoms with van der Waals surface area (Å²) in [5.41, 5.74) is 1.92. The van der Waals surface area contributed by atoms with Gasteiger partial charge < -0.3 is 14.5 Å². The minimum atomic E-state index is -2.66. The Kier molecular flexibility index (Phi) is 4.48. The molecule has 26 heavy (non-hydrogen) atoms. The van der Waals surface area contributed by atoms with E-state index in [2.05, 4.69) is 9.88 Å². The third-order valence-electron chi connectivity index (χ3n) is 5.12. The van der Waals surface area contributed by atoms with Gasteiger partial charge in [0.15, 0.2) is 6.10 Å². The van der Waals surface area contributed by atoms with Crippen molar-refractivity contribution in [3.63, 3.8) is 0 Å². The van der Waals surface area contributed by atoms with Crippen LogP contribution in [0.4, 0.5) is 14.5 Å². The average Bonchev–Trinajstić information content (AvgIpc) is 2.67. The molecule has 1 aromatic carbocycles. The van der Waals surface area contributed by atoms with Crippen molar-refractivity contribution < 1.29 is 18.3 Å². The molecular weight excluding hydrogens is 340 g/mol. The van der Waals surface area contributed by atoms with Gasteiger partial charge in [-0.05, 0) is 12.1 Å². The summed E-state index contributed by atoms with van der Waals surface area (Å²) in [7, 11) is 0. The van der Waals surface area contributed by atoms with Crippen molar-refractivity contribution in [2.45, 2.75) is 24.9 Å². The summed E-state index contributed by atoms with van der Waals surface area (Å²) in [5.74, 6) is -2.85. The summed E-state index contributed by atoms with van der Waals surface area (Å²) in [6.45, 7) is 1.69. The summed E-state index contributed by atoms with van der Waals surface area (Å²) in [5, 5.41) is 1.03. The van der Waals surface area contributed by atoms with E-state index in [9.17, 15) is 13.6 Å². The number of piperidine rings is 1. The molecule has 0 radical (unpaired) electrons. The highest BCUT2D eigenvalue weighted by Gasteiger charge is 2.38. The monoisotopic (exact) mass is 361 g/mol. The molecule has 1 unspecified atom stereocenters. The third-order valence-corrected chi connectivity index (χ3v) is 5.12. The van der Waals surface area contributed by atoms with Crippen LogP contribution in [0.25, 0.3) is 10.9 Å². The predicted octanol–water partition coefficient (Wildman–Crippen LogP) is 2.70. The number of rotatable bonds is 2. The van der Waals surface area contributed by atoms with Gasteiger partial charge in [-0.3, -0.25) is 9.78 Å². The Morgan fingerprint density at radius 3 is 2.73 bits per heavy atom. The normalized spacial score (nSPS) is 23.2. The van der Waals surface area contributed by atoms with Gasteiger partial charge in [-0.2, -0.15) is 0 Å². The third kappa shape index (κ3) is 3.35. The Bertz CT molecular complexity index is 799. The Morgan fingerprint density at radius 1 is 1.15 bits per heavy atom. The van der Waals surface area contributed by atoms with Gasteiger partial charge >= 0.3 is 0 Å². The van der Waals surface area contributed by atoms with Gasteiger partial charge in [0.05, 0.1) is 18.7 Å². The number of para-hydroxylation sites is 1. The Morgan fingerprint density at radius 2 is 1.92 bits per heavy atom. The molecular formula is C19H21F2N3O2. The molecule has 2 aromatic rings. The van der Waals surface area contributed by atoms with Crippen LogP contribution in [0, 0.1) is 0 Å². The number of pyridine rings is 1. The molecule has 3 heterocycles. The minimum absolute atomic E-state index is 0.0872. The number of amides is 1. The van der Waals surface area contributed by atoms with Crippen molar-refractivity contribution in [2.24, 2.45) is 0 Å². The van der Waals surface area contributed by atoms with Gasteiger partial charge in [0.25, 0.3) is 11.8 Å². The van der Waals surface area contributed by atoms with E-state index < -0.39 is 12.0 Å². The van der Waals surface area contributed by atoms with Crippen LogP contribution >= 0.6 is 0 Å². The van der Waals surface area contributed by atoms with E-state index in [4.69, 9.17) is 4.74 Å². The molecule has 5 nitrogen and oxygen atoms in total. The summed E-state index contributed by atoms with van der Waals surface area (Å²) < 4.78 is 32.3. The number of hydrogen-bond acceptors (Lipinski definition) is 4. The Balaban J connectivity index is 1.50. The van der Waals surface area contributed by atoms with Gasteiger partial charge in [-0.25, -0.2) is 8.78 Å². The Labute approximate surface area is 150 Å². The first-order valence-electron chi connectivity index (χ1n) is 8.90. The van der Waals surface area contributed by atoms with Crippen LogP contribution in [0.1, 0.15) is 12.8 Å². The van der Waals surface area contributed by atoms with E-state index >= 15 is 0 Å². The smallest absolute Gasteiger partial charge is 0.253 e. The molecule has 0 saturated carbocycles. The number of halogens is 2. The van der Waals surface area contributed by atoms with E-state index in [1.54, 1.807) is 6.20 Å². The maximum absolute atomic E-state index is 13.3. The van der Waals surface area contributed by atoms with E-state index in [0.717, 1.165) is 16.6 Å². The number of anilines is 1. The fraction of sp³-hybridized carbons (Fsp3) is 0.474. The van der Waals surface area contributed by atoms with Crippen LogP contribution in [-0.4, -0.2) is 60.6 Å². The second kappa shape index (κ2) is 6.79. The zero-order chi connectivity index (χ0) is 18.1. The second-order valence-corrected chi connectivity index (χ2v) is 6.83. The van der Waals surface area contributed by atoms with Crippen molar-refractivity contribution >= 4 is 22.5 Å². The van der Waals surface area contributed by atoms with Crippen molar-refractivity contribution in [1.29, 1.82) is 0 Å². The standard InChI is InChI=1S/C19H21F2N3O2/c20-19(21)6-9-23(10-7-19)18(25)17-13-24(11-12-26-17)16-5-8-22-15-4-2-1-3-14(15)16/h1-5,8,17H,6-7,9-13H2. The summed E-state index contributed by atoms with van der Waals surface area (Å²) in [4.78, 5) is 20.7. The van der Waals surface area contributed by atoms with Crippen LogP contribution in [0.15, 0.2) is 36.5 Å². The van der Waals surface area contributed by atoms with E-state index in [1.165, 1.54) is 4.90 Å². The second-order valence-electron chi connectivity index (χ2n) is 6.83. The fourth-order valence-corrected chi connectivity index (χ4v) is 3.63. The largest absolute Gasteiger partial charge is 0.365 e. The molecule has 1 aromatic heterocycles. The maximum atomic E-state index is 13.3. The zero-order valence-electron chi connectivity index (χ0n) is 14.4. The number of benzene rings is 1. The van der Waals surface area contributed by atoms with Crippen molar-refractivity contribution in [1.82, 2.24) is 9.88 Å². The first kappa shape index (κ1) is 17.1. The summed E-state index contributed by atoms with van der Waals surface area (Å²) in [6, 6.07) is 9.81. The molecule has 0 bridgehead atoms. The Hall–Kier alpha value is -2.28. The topological polar surface area (TPSA) is 45.7 Å². The van der Waals surface area contributed by atoms with Gasteiger partial charge in [0.1, 0.15) is 0 Å². The van der Waals surface area contributed by atoms with Crippen LogP contribution in [-0.2, 0) is 9.53 Å². The highest BCUT2D eigenvalue weighted by atomic mass is 19.3. The quantitative estimate of drug-likeness (QED) is 0.825. The first-order valence-corrected chi connectivity index (χ1v) is 8.90. The number of carbonyl (C=O) groups is 1. The molecule has 2 aliphatic rings. The lowest BCUT2D eigenvalue weighted by atomic mass is 10.1. The number of aromatic nitrogens is 1. The first-order chi connectivity index (χ1) is 12.5. The minimum Gasteiger partial charge on any atom is -0.365 e. The van der Waals surface area contributed by atoms with Crippen LogP contribution < -0.4 is 4.90 Å². The molecule has 7 heteroatoms. The van der Waals surface area contributed by atoms with Crippen molar-refractivity contribution in [2.75, 3.05) is 37.7 Å². The van der Waals surface area contributed by atoms with Crippen LogP contribution in [0.5, 0.6) is 0 Å². The lowest BCUT2D eigenvalue weighted by Gasteiger charge is -2.38. The number of nitrogens with zero attached hydrogens (tertiary/aromatic N) is 3. The summed E-state index contributed by atoms with van der Waals surface area (Å²) >= 11 is 0. The predicted molar refractivity (Wildman–Crippen MR) is 94.5 cm³/mol. The molecule has 138 valence electrons. The van der Waals surface area contributed by atoms with E-state index in [1.807, 2.05) is 30.3 Å². The molecule has 0 aliphatic carbocycles. The SMILES string of the molecule is O=C(C1CN(c2ccnc3ccccc23)CCO1)N1CCC(F)(F)CC1. The number of alkyl halides is 2. The number of carbonyl (C=O) groups excluding carboxylic acids is 1. The molecule has 0 spiro atoms.